The normalized spacial score (nSPS) is 18.7. The number of nitrogens with zero attached hydrogens (tertiary/aromatic N) is 2. The molecule has 2 heterocycles. The second-order valence-corrected chi connectivity index (χ2v) is 8.75. The highest BCUT2D eigenvalue weighted by atomic mass is 16.5. The van der Waals surface area contributed by atoms with Crippen LogP contribution in [0.5, 0.6) is 5.75 Å². The molecule has 0 radical (unpaired) electrons. The molecule has 0 bridgehead atoms. The number of amides is 2. The number of piperazine rings is 1. The monoisotopic (exact) mass is 478 g/mol. The molecule has 2 aliphatic rings. The van der Waals surface area contributed by atoms with E-state index in [1.54, 1.807) is 6.92 Å². The molecule has 2 N–H and O–H groups in total. The third kappa shape index (κ3) is 5.95. The van der Waals surface area contributed by atoms with Crippen molar-refractivity contribution in [3.63, 3.8) is 0 Å². The molecule has 35 heavy (non-hydrogen) atoms. The fourth-order valence-corrected chi connectivity index (χ4v) is 4.58. The van der Waals surface area contributed by atoms with Gasteiger partial charge >= 0.3 is 12.0 Å². The number of hydrogen-bond acceptors (Lipinski definition) is 6. The van der Waals surface area contributed by atoms with Crippen molar-refractivity contribution in [1.29, 1.82) is 0 Å². The van der Waals surface area contributed by atoms with Crippen molar-refractivity contribution >= 4 is 17.7 Å². The van der Waals surface area contributed by atoms with Crippen LogP contribution < -0.4 is 20.3 Å². The van der Waals surface area contributed by atoms with E-state index in [0.717, 1.165) is 37.5 Å². The van der Waals surface area contributed by atoms with Crippen LogP contribution in [0.2, 0.25) is 0 Å². The van der Waals surface area contributed by atoms with Gasteiger partial charge in [-0.25, -0.2) is 9.59 Å². The summed E-state index contributed by atoms with van der Waals surface area (Å²) in [4.78, 5) is 30.3. The van der Waals surface area contributed by atoms with E-state index in [-0.39, 0.29) is 12.6 Å². The third-order valence-corrected chi connectivity index (χ3v) is 6.29. The zero-order valence-electron chi connectivity index (χ0n) is 20.7. The topological polar surface area (TPSA) is 83.1 Å². The van der Waals surface area contributed by atoms with Crippen LogP contribution in [0.15, 0.2) is 59.8 Å². The Labute approximate surface area is 206 Å². The van der Waals surface area contributed by atoms with Crippen LogP contribution in [0.4, 0.5) is 10.5 Å². The molecule has 2 aliphatic heterocycles. The predicted octanol–water partition coefficient (Wildman–Crippen LogP) is 3.39. The number of anilines is 1. The Kier molecular flexibility index (Phi) is 7.92. The highest BCUT2D eigenvalue weighted by molar-refractivity contribution is 5.95. The Morgan fingerprint density at radius 3 is 2.43 bits per heavy atom. The molecule has 0 unspecified atom stereocenters. The first kappa shape index (κ1) is 24.6. The third-order valence-electron chi connectivity index (χ3n) is 6.29. The van der Waals surface area contributed by atoms with Crippen LogP contribution in [0.1, 0.15) is 31.0 Å². The molecule has 8 nitrogen and oxygen atoms in total. The summed E-state index contributed by atoms with van der Waals surface area (Å²) in [6.07, 6.45) is 0. The number of aryl methyl sites for hydroxylation is 1. The van der Waals surface area contributed by atoms with Gasteiger partial charge in [0.1, 0.15) is 5.75 Å². The summed E-state index contributed by atoms with van der Waals surface area (Å²) >= 11 is 0. The predicted molar refractivity (Wildman–Crippen MR) is 136 cm³/mol. The van der Waals surface area contributed by atoms with E-state index in [2.05, 4.69) is 51.6 Å². The standard InChI is InChI=1S/C27H34N4O4/c1-4-34-22-11-9-20(10-12-22)25-24(26(32)35-5-2)23(28-27(33)29-25)18-30-13-15-31(16-14-30)21-8-6-7-19(3)17-21/h6-12,17,25H,4-5,13-16,18H2,1-3H3,(H2,28,29,33)/t25-/m0/s1. The highest BCUT2D eigenvalue weighted by Crippen LogP contribution is 2.30. The van der Waals surface area contributed by atoms with Crippen LogP contribution >= 0.6 is 0 Å². The molecule has 2 amide bonds. The lowest BCUT2D eigenvalue weighted by molar-refractivity contribution is -0.139. The SMILES string of the molecule is CCOC(=O)C1=C(CN2CCN(c3cccc(C)c3)CC2)NC(=O)N[C@H]1c1ccc(OCC)cc1. The molecule has 0 saturated carbocycles. The molecule has 0 aromatic heterocycles. The molecular formula is C27H34N4O4. The van der Waals surface area contributed by atoms with E-state index in [1.165, 1.54) is 11.3 Å². The number of benzene rings is 2. The number of nitrogens with one attached hydrogen (secondary N) is 2. The number of esters is 1. The first-order valence-electron chi connectivity index (χ1n) is 12.2. The van der Waals surface area contributed by atoms with Crippen molar-refractivity contribution in [1.82, 2.24) is 15.5 Å². The van der Waals surface area contributed by atoms with Gasteiger partial charge in [0, 0.05) is 44.1 Å². The molecular weight excluding hydrogens is 444 g/mol. The van der Waals surface area contributed by atoms with Gasteiger partial charge in [0.05, 0.1) is 24.8 Å². The summed E-state index contributed by atoms with van der Waals surface area (Å²) in [7, 11) is 0. The second kappa shape index (κ2) is 11.3. The number of rotatable bonds is 8. The average molecular weight is 479 g/mol. The minimum Gasteiger partial charge on any atom is -0.494 e. The molecule has 186 valence electrons. The fraction of sp³-hybridized carbons (Fsp3) is 0.407. The number of carbonyl (C=O) groups is 2. The molecule has 1 saturated heterocycles. The molecule has 0 aliphatic carbocycles. The van der Waals surface area contributed by atoms with Crippen molar-refractivity contribution < 1.29 is 19.1 Å². The number of carbonyl (C=O) groups excluding carboxylic acids is 2. The van der Waals surface area contributed by atoms with Crippen molar-refractivity contribution in [2.75, 3.05) is 50.8 Å². The van der Waals surface area contributed by atoms with E-state index in [9.17, 15) is 9.59 Å². The van der Waals surface area contributed by atoms with Crippen molar-refractivity contribution in [2.24, 2.45) is 0 Å². The zero-order valence-corrected chi connectivity index (χ0v) is 20.7. The van der Waals surface area contributed by atoms with Gasteiger partial charge < -0.3 is 25.0 Å². The van der Waals surface area contributed by atoms with Gasteiger partial charge in [0.2, 0.25) is 0 Å². The molecule has 8 heteroatoms. The molecule has 4 rings (SSSR count). The van der Waals surface area contributed by atoms with E-state index >= 15 is 0 Å². The summed E-state index contributed by atoms with van der Waals surface area (Å²) in [5.41, 5.74) is 4.30. The molecule has 2 aromatic carbocycles. The van der Waals surface area contributed by atoms with E-state index in [1.807, 2.05) is 31.2 Å². The van der Waals surface area contributed by atoms with Crippen LogP contribution in [0, 0.1) is 6.92 Å². The molecule has 2 aromatic rings. The maximum atomic E-state index is 13.1. The quantitative estimate of drug-likeness (QED) is 0.566. The van der Waals surface area contributed by atoms with Crippen molar-refractivity contribution in [2.45, 2.75) is 26.8 Å². The largest absolute Gasteiger partial charge is 0.494 e. The van der Waals surface area contributed by atoms with Gasteiger partial charge in [-0.15, -0.1) is 0 Å². The second-order valence-electron chi connectivity index (χ2n) is 8.75. The average Bonchev–Trinajstić information content (AvgIpc) is 2.85. The zero-order chi connectivity index (χ0) is 24.8. The van der Waals surface area contributed by atoms with Gasteiger partial charge in [0.15, 0.2) is 0 Å². The summed E-state index contributed by atoms with van der Waals surface area (Å²) in [5.74, 6) is 0.317. The maximum absolute atomic E-state index is 13.1. The van der Waals surface area contributed by atoms with Gasteiger partial charge in [-0.3, -0.25) is 4.90 Å². The minimum absolute atomic E-state index is 0.259. The number of urea groups is 1. The Morgan fingerprint density at radius 1 is 1.03 bits per heavy atom. The van der Waals surface area contributed by atoms with Crippen LogP contribution in [0.3, 0.4) is 0 Å². The lowest BCUT2D eigenvalue weighted by Gasteiger charge is -2.38. The van der Waals surface area contributed by atoms with Crippen molar-refractivity contribution in [3.05, 3.63) is 70.9 Å². The summed E-state index contributed by atoms with van der Waals surface area (Å²) in [6.45, 7) is 10.5. The van der Waals surface area contributed by atoms with Gasteiger partial charge in [-0.1, -0.05) is 24.3 Å². The summed E-state index contributed by atoms with van der Waals surface area (Å²) in [5, 5.41) is 5.78. The molecule has 1 atom stereocenters. The molecule has 1 fully saturated rings. The van der Waals surface area contributed by atoms with Gasteiger partial charge in [-0.2, -0.15) is 0 Å². The van der Waals surface area contributed by atoms with Crippen LogP contribution in [-0.2, 0) is 9.53 Å². The Balaban J connectivity index is 1.54. The van der Waals surface area contributed by atoms with Crippen molar-refractivity contribution in [3.8, 4) is 5.75 Å². The lowest BCUT2D eigenvalue weighted by atomic mass is 9.94. The Bertz CT molecular complexity index is 1070. The summed E-state index contributed by atoms with van der Waals surface area (Å²) in [6, 6.07) is 15.0. The lowest BCUT2D eigenvalue weighted by Crippen LogP contribution is -2.51. The Morgan fingerprint density at radius 2 is 1.77 bits per heavy atom. The smallest absolute Gasteiger partial charge is 0.338 e. The Hall–Kier alpha value is -3.52. The first-order valence-corrected chi connectivity index (χ1v) is 12.2. The van der Waals surface area contributed by atoms with E-state index in [0.29, 0.717) is 24.4 Å². The number of ether oxygens (including phenoxy) is 2. The van der Waals surface area contributed by atoms with Gasteiger partial charge in [0.25, 0.3) is 0 Å². The first-order chi connectivity index (χ1) is 17.0. The van der Waals surface area contributed by atoms with Crippen LogP contribution in [0.25, 0.3) is 0 Å². The molecule has 0 spiro atoms. The van der Waals surface area contributed by atoms with E-state index in [4.69, 9.17) is 9.47 Å². The summed E-state index contributed by atoms with van der Waals surface area (Å²) < 4.78 is 10.9. The van der Waals surface area contributed by atoms with E-state index < -0.39 is 12.0 Å². The van der Waals surface area contributed by atoms with Gasteiger partial charge in [-0.05, 0) is 56.2 Å². The van der Waals surface area contributed by atoms with Crippen LogP contribution in [-0.4, -0.2) is 62.8 Å². The fourth-order valence-electron chi connectivity index (χ4n) is 4.58. The minimum atomic E-state index is -0.595. The maximum Gasteiger partial charge on any atom is 0.338 e. The highest BCUT2D eigenvalue weighted by Gasteiger charge is 2.34. The number of hydrogen-bond donors (Lipinski definition) is 2.